The molecule has 0 fully saturated rings. The minimum absolute atomic E-state index is 0.0640. The molecule has 130 valence electrons. The lowest BCUT2D eigenvalue weighted by Gasteiger charge is -2.10. The van der Waals surface area contributed by atoms with Crippen molar-refractivity contribution in [1.82, 2.24) is 0 Å². The summed E-state index contributed by atoms with van der Waals surface area (Å²) in [6, 6.07) is 12.2. The Balaban J connectivity index is 1.83. The predicted molar refractivity (Wildman–Crippen MR) is 101 cm³/mol. The summed E-state index contributed by atoms with van der Waals surface area (Å²) in [5.41, 5.74) is 1.20. The second-order valence-corrected chi connectivity index (χ2v) is 5.66. The highest BCUT2D eigenvalue weighted by molar-refractivity contribution is 5.89. The molecule has 3 nitrogen and oxygen atoms in total. The van der Waals surface area contributed by atoms with Crippen molar-refractivity contribution < 1.29 is 14.9 Å². The number of unbranched alkanes of at least 4 members (excludes halogenated alkanes) is 3. The van der Waals surface area contributed by atoms with E-state index in [0.717, 1.165) is 55.0 Å². The molecule has 2 N–H and O–H groups in total. The summed E-state index contributed by atoms with van der Waals surface area (Å²) in [6.45, 7) is -0.382. The zero-order valence-corrected chi connectivity index (χ0v) is 14.4. The van der Waals surface area contributed by atoms with Crippen LogP contribution in [-0.2, 0) is 6.42 Å². The van der Waals surface area contributed by atoms with E-state index in [0.29, 0.717) is 0 Å². The standard InChI is InChI=1S/C22H24O3/c23-15-11-7-5-3-1-2-4-6-8-12-19-16-20-13-9-10-14-21(20)22(17-19)25-18-24/h9-10,13-14,16-17,23-24H,1,3,5-6,8,12,15,18H2. The number of aryl methyl sites for hydroxylation is 1. The van der Waals surface area contributed by atoms with Gasteiger partial charge in [0, 0.05) is 24.6 Å². The molecule has 25 heavy (non-hydrogen) atoms. The average Bonchev–Trinajstić information content (AvgIpc) is 2.63. The van der Waals surface area contributed by atoms with Crippen molar-refractivity contribution >= 4 is 10.8 Å². The first-order valence-corrected chi connectivity index (χ1v) is 8.63. The molecule has 0 aliphatic rings. The topological polar surface area (TPSA) is 49.7 Å². The fraction of sp³-hybridized carbons (Fsp3) is 0.364. The summed E-state index contributed by atoms with van der Waals surface area (Å²) in [7, 11) is 0. The molecule has 0 aliphatic carbocycles. The van der Waals surface area contributed by atoms with Gasteiger partial charge in [-0.15, -0.1) is 17.8 Å². The van der Waals surface area contributed by atoms with E-state index < -0.39 is 0 Å². The van der Waals surface area contributed by atoms with Crippen LogP contribution < -0.4 is 4.74 Å². The van der Waals surface area contributed by atoms with Crippen molar-refractivity contribution in [1.29, 1.82) is 0 Å². The molecule has 3 heteroatoms. The van der Waals surface area contributed by atoms with Gasteiger partial charge in [0.25, 0.3) is 0 Å². The minimum Gasteiger partial charge on any atom is -0.467 e. The zero-order chi connectivity index (χ0) is 17.7. The zero-order valence-electron chi connectivity index (χ0n) is 14.4. The van der Waals surface area contributed by atoms with Crippen LogP contribution in [0.2, 0.25) is 0 Å². The van der Waals surface area contributed by atoms with Gasteiger partial charge in [0.1, 0.15) is 12.4 Å². The Bertz CT molecular complexity index is 787. The quantitative estimate of drug-likeness (QED) is 0.461. The molecule has 0 spiro atoms. The average molecular weight is 336 g/mol. The Labute approximate surface area is 149 Å². The van der Waals surface area contributed by atoms with Gasteiger partial charge in [0.05, 0.1) is 0 Å². The molecule has 0 saturated heterocycles. The van der Waals surface area contributed by atoms with Crippen LogP contribution in [0.25, 0.3) is 10.8 Å². The van der Waals surface area contributed by atoms with Crippen molar-refractivity contribution in [3.63, 3.8) is 0 Å². The molecule has 0 atom stereocenters. The Kier molecular flexibility index (Phi) is 8.42. The fourth-order valence-electron chi connectivity index (χ4n) is 2.64. The number of hydrogen-bond acceptors (Lipinski definition) is 3. The van der Waals surface area contributed by atoms with Gasteiger partial charge in [-0.2, -0.15) is 0 Å². The van der Waals surface area contributed by atoms with E-state index in [-0.39, 0.29) is 13.4 Å². The van der Waals surface area contributed by atoms with Crippen LogP contribution in [0.15, 0.2) is 36.4 Å². The first kappa shape index (κ1) is 18.9. The number of fused-ring (bicyclic) bond motifs is 1. The van der Waals surface area contributed by atoms with E-state index in [1.165, 1.54) is 5.56 Å². The number of aliphatic hydroxyl groups is 2. The van der Waals surface area contributed by atoms with Crippen LogP contribution in [0.1, 0.15) is 37.7 Å². The van der Waals surface area contributed by atoms with Crippen molar-refractivity contribution in [3.8, 4) is 29.4 Å². The van der Waals surface area contributed by atoms with Crippen molar-refractivity contribution in [2.75, 3.05) is 13.4 Å². The van der Waals surface area contributed by atoms with Crippen molar-refractivity contribution in [2.45, 2.75) is 38.5 Å². The van der Waals surface area contributed by atoms with Gasteiger partial charge in [-0.05, 0) is 36.3 Å². The largest absolute Gasteiger partial charge is 0.467 e. The van der Waals surface area contributed by atoms with Gasteiger partial charge >= 0.3 is 0 Å². The molecule has 0 aliphatic heterocycles. The van der Waals surface area contributed by atoms with E-state index in [2.05, 4.69) is 35.8 Å². The summed E-state index contributed by atoms with van der Waals surface area (Å²) in [5, 5.41) is 19.8. The van der Waals surface area contributed by atoms with E-state index in [1.54, 1.807) is 0 Å². The second kappa shape index (κ2) is 11.2. The molecule has 0 saturated carbocycles. The predicted octanol–water partition coefficient (Wildman–Crippen LogP) is 3.66. The van der Waals surface area contributed by atoms with E-state index in [9.17, 15) is 0 Å². The number of rotatable bonds is 7. The van der Waals surface area contributed by atoms with Gasteiger partial charge in [-0.1, -0.05) is 36.3 Å². The highest BCUT2D eigenvalue weighted by Gasteiger charge is 2.04. The molecule has 0 radical (unpaired) electrons. The summed E-state index contributed by atoms with van der Waals surface area (Å²) in [5.74, 6) is 12.6. The van der Waals surface area contributed by atoms with E-state index in [4.69, 9.17) is 14.9 Å². The van der Waals surface area contributed by atoms with Gasteiger partial charge < -0.3 is 14.9 Å². The smallest absolute Gasteiger partial charge is 0.186 e. The SMILES string of the molecule is OCC#CCCCC#CCCCc1cc(OCO)c2ccccc2c1. The van der Waals surface area contributed by atoms with Gasteiger partial charge in [-0.25, -0.2) is 0 Å². The third-order valence-electron chi connectivity index (χ3n) is 3.80. The lowest BCUT2D eigenvalue weighted by molar-refractivity contribution is 0.0999. The normalized spacial score (nSPS) is 9.84. The molecule has 2 aromatic carbocycles. The third kappa shape index (κ3) is 6.51. The molecular weight excluding hydrogens is 312 g/mol. The Morgan fingerprint density at radius 3 is 2.32 bits per heavy atom. The van der Waals surface area contributed by atoms with Gasteiger partial charge in [0.2, 0.25) is 0 Å². The Hall–Kier alpha value is -2.46. The van der Waals surface area contributed by atoms with Gasteiger partial charge in [-0.3, -0.25) is 0 Å². The lowest BCUT2D eigenvalue weighted by Crippen LogP contribution is -1.97. The lowest BCUT2D eigenvalue weighted by atomic mass is 10.0. The first-order valence-electron chi connectivity index (χ1n) is 8.63. The van der Waals surface area contributed by atoms with Crippen LogP contribution in [0, 0.1) is 23.7 Å². The first-order chi connectivity index (χ1) is 12.3. The van der Waals surface area contributed by atoms with E-state index >= 15 is 0 Å². The molecular formula is C22H24O3. The minimum atomic E-state index is -0.318. The second-order valence-electron chi connectivity index (χ2n) is 5.66. The molecule has 0 unspecified atom stereocenters. The highest BCUT2D eigenvalue weighted by atomic mass is 16.6. The molecule has 0 amide bonds. The number of ether oxygens (including phenoxy) is 1. The van der Waals surface area contributed by atoms with Crippen LogP contribution in [0.5, 0.6) is 5.75 Å². The number of benzene rings is 2. The van der Waals surface area contributed by atoms with Crippen molar-refractivity contribution in [3.05, 3.63) is 42.0 Å². The Morgan fingerprint density at radius 1 is 0.840 bits per heavy atom. The summed E-state index contributed by atoms with van der Waals surface area (Å²) in [6.07, 6.45) is 5.39. The van der Waals surface area contributed by atoms with E-state index in [1.807, 2.05) is 24.3 Å². The van der Waals surface area contributed by atoms with Crippen LogP contribution in [-0.4, -0.2) is 23.6 Å². The van der Waals surface area contributed by atoms with Crippen molar-refractivity contribution in [2.24, 2.45) is 0 Å². The van der Waals surface area contributed by atoms with Crippen LogP contribution in [0.3, 0.4) is 0 Å². The molecule has 2 aromatic rings. The summed E-state index contributed by atoms with van der Waals surface area (Å²) < 4.78 is 5.36. The monoisotopic (exact) mass is 336 g/mol. The Morgan fingerprint density at radius 2 is 1.56 bits per heavy atom. The molecule has 0 heterocycles. The highest BCUT2D eigenvalue weighted by Crippen LogP contribution is 2.28. The molecule has 2 rings (SSSR count). The molecule has 0 aromatic heterocycles. The maximum absolute atomic E-state index is 9.07. The summed E-state index contributed by atoms with van der Waals surface area (Å²) >= 11 is 0. The fourth-order valence-corrected chi connectivity index (χ4v) is 2.64. The maximum Gasteiger partial charge on any atom is 0.186 e. The maximum atomic E-state index is 9.07. The van der Waals surface area contributed by atoms with Gasteiger partial charge in [0.15, 0.2) is 6.79 Å². The molecule has 0 bridgehead atoms. The third-order valence-corrected chi connectivity index (χ3v) is 3.80. The number of hydrogen-bond donors (Lipinski definition) is 2. The van der Waals surface area contributed by atoms with Crippen LogP contribution >= 0.6 is 0 Å². The number of aliphatic hydroxyl groups excluding tert-OH is 2. The van der Waals surface area contributed by atoms with Crippen LogP contribution in [0.4, 0.5) is 0 Å². The summed E-state index contributed by atoms with van der Waals surface area (Å²) in [4.78, 5) is 0.